The first-order valence-corrected chi connectivity index (χ1v) is 15.7. The zero-order valence-corrected chi connectivity index (χ0v) is 24.8. The largest absolute Gasteiger partial charge is 0.481 e. The van der Waals surface area contributed by atoms with Crippen LogP contribution in [0.2, 0.25) is 5.04 Å². The number of hydrogen-bond donors (Lipinski definition) is 2. The van der Waals surface area contributed by atoms with Crippen molar-refractivity contribution in [1.29, 1.82) is 0 Å². The van der Waals surface area contributed by atoms with E-state index in [1.807, 2.05) is 91.0 Å². The number of rotatable bonds is 11. The van der Waals surface area contributed by atoms with Gasteiger partial charge < -0.3 is 14.6 Å². The highest BCUT2D eigenvalue weighted by atomic mass is 28.4. The lowest BCUT2D eigenvalue weighted by atomic mass is 9.89. The first-order valence-electron chi connectivity index (χ1n) is 13.8. The summed E-state index contributed by atoms with van der Waals surface area (Å²) >= 11 is 0. The second kappa shape index (κ2) is 13.1. The third kappa shape index (κ3) is 6.67. The van der Waals surface area contributed by atoms with Crippen molar-refractivity contribution in [1.82, 2.24) is 0 Å². The fourth-order valence-corrected chi connectivity index (χ4v) is 10.4. The van der Waals surface area contributed by atoms with Gasteiger partial charge in [0.2, 0.25) is 0 Å². The fourth-order valence-electron chi connectivity index (χ4n) is 5.68. The number of aliphatic carboxylic acids is 1. The summed E-state index contributed by atoms with van der Waals surface area (Å²) in [6.45, 7) is 6.33. The van der Waals surface area contributed by atoms with E-state index in [0.29, 0.717) is 18.6 Å². The van der Waals surface area contributed by atoms with Gasteiger partial charge in [-0.15, -0.1) is 0 Å². The van der Waals surface area contributed by atoms with Crippen LogP contribution in [0.3, 0.4) is 0 Å². The highest BCUT2D eigenvalue weighted by Gasteiger charge is 2.51. The minimum absolute atomic E-state index is 0.156. The lowest BCUT2D eigenvalue weighted by molar-refractivity contribution is -0.142. The second-order valence-electron chi connectivity index (χ2n) is 11.5. The van der Waals surface area contributed by atoms with Gasteiger partial charge in [-0.25, -0.2) is 13.2 Å². The van der Waals surface area contributed by atoms with E-state index in [1.54, 1.807) is 0 Å². The number of carboxylic acids is 1. The van der Waals surface area contributed by atoms with E-state index >= 15 is 0 Å². The number of carbonyl (C=O) groups is 1. The Kier molecular flexibility index (Phi) is 9.71. The Morgan fingerprint density at radius 3 is 1.69 bits per heavy atom. The molecule has 0 fully saturated rings. The molecule has 0 aliphatic carbocycles. The maximum atomic E-state index is 14.1. The molecule has 220 valence electrons. The predicted molar refractivity (Wildman–Crippen MR) is 160 cm³/mol. The van der Waals surface area contributed by atoms with Crippen LogP contribution >= 0.6 is 0 Å². The van der Waals surface area contributed by atoms with Crippen LogP contribution in [0.15, 0.2) is 103 Å². The van der Waals surface area contributed by atoms with Crippen LogP contribution in [0.25, 0.3) is 0 Å². The van der Waals surface area contributed by atoms with E-state index in [0.717, 1.165) is 15.9 Å². The predicted octanol–water partition coefficient (Wildman–Crippen LogP) is 6.21. The molecule has 4 aromatic rings. The van der Waals surface area contributed by atoms with Gasteiger partial charge >= 0.3 is 5.97 Å². The van der Waals surface area contributed by atoms with Crippen molar-refractivity contribution in [3.63, 3.8) is 0 Å². The highest BCUT2D eigenvalue weighted by molar-refractivity contribution is 6.99. The molecule has 8 heteroatoms. The van der Waals surface area contributed by atoms with Gasteiger partial charge in [0.05, 0.1) is 12.2 Å². The molecule has 0 aliphatic rings. The molecule has 0 amide bonds. The zero-order valence-electron chi connectivity index (χ0n) is 23.8. The lowest BCUT2D eigenvalue weighted by Gasteiger charge is -2.45. The summed E-state index contributed by atoms with van der Waals surface area (Å²) in [6.07, 6.45) is -2.10. The SMILES string of the molecule is CC(C)(C)[Si](OC(Cc1ccccc1)C[C@@H](O)[C@@H](C(=O)O)c1cc(F)c(F)c(F)c1)(c1ccccc1)c1ccccc1. The van der Waals surface area contributed by atoms with Gasteiger partial charge in [-0.2, -0.15) is 0 Å². The third-order valence-corrected chi connectivity index (χ3v) is 12.7. The molecule has 0 saturated carbocycles. The molecule has 0 bridgehead atoms. The summed E-state index contributed by atoms with van der Waals surface area (Å²) < 4.78 is 49.1. The molecule has 3 atom stereocenters. The van der Waals surface area contributed by atoms with Gasteiger partial charge in [0.1, 0.15) is 5.92 Å². The van der Waals surface area contributed by atoms with Crippen molar-refractivity contribution >= 4 is 24.7 Å². The Morgan fingerprint density at radius 2 is 1.26 bits per heavy atom. The molecule has 42 heavy (non-hydrogen) atoms. The van der Waals surface area contributed by atoms with Crippen LogP contribution in [0.4, 0.5) is 13.2 Å². The minimum atomic E-state index is -3.13. The van der Waals surface area contributed by atoms with Crippen molar-refractivity contribution < 1.29 is 32.6 Å². The van der Waals surface area contributed by atoms with Crippen LogP contribution in [0.1, 0.15) is 44.2 Å². The topological polar surface area (TPSA) is 66.8 Å². The number of aliphatic hydroxyl groups is 1. The number of halogens is 3. The molecule has 0 radical (unpaired) electrons. The van der Waals surface area contributed by atoms with Crippen LogP contribution in [-0.2, 0) is 15.6 Å². The zero-order chi connectivity index (χ0) is 30.5. The number of benzene rings is 4. The first kappa shape index (κ1) is 31.2. The monoisotopic (exact) mass is 592 g/mol. The number of aliphatic hydroxyl groups excluding tert-OH is 1. The van der Waals surface area contributed by atoms with Crippen molar-refractivity contribution in [2.75, 3.05) is 0 Å². The Labute approximate surface area is 245 Å². The smallest absolute Gasteiger partial charge is 0.313 e. The van der Waals surface area contributed by atoms with Gasteiger partial charge in [0.15, 0.2) is 17.5 Å². The molecule has 0 saturated heterocycles. The minimum Gasteiger partial charge on any atom is -0.481 e. The van der Waals surface area contributed by atoms with Crippen LogP contribution in [0.5, 0.6) is 0 Å². The van der Waals surface area contributed by atoms with Gasteiger partial charge in [0.25, 0.3) is 8.32 Å². The van der Waals surface area contributed by atoms with E-state index in [-0.39, 0.29) is 12.0 Å². The summed E-state index contributed by atoms with van der Waals surface area (Å²) in [6, 6.07) is 30.5. The Bertz CT molecular complexity index is 1410. The molecule has 0 heterocycles. The standard InChI is InChI=1S/C34H35F3O4Si/c1-34(2,3)42(26-15-9-5-10-16-26,27-17-11-6-12-18-27)41-25(19-23-13-7-4-8-14-23)22-30(38)31(33(39)40)24-20-28(35)32(37)29(36)21-24/h4-18,20-21,25,30-31,38H,19,22H2,1-3H3,(H,39,40)/t25?,30-,31+/m1/s1. The molecule has 4 rings (SSSR count). The first-order chi connectivity index (χ1) is 19.9. The van der Waals surface area contributed by atoms with Crippen molar-refractivity contribution in [3.05, 3.63) is 132 Å². The van der Waals surface area contributed by atoms with Crippen molar-refractivity contribution in [3.8, 4) is 0 Å². The Balaban J connectivity index is 1.82. The van der Waals surface area contributed by atoms with Gasteiger partial charge in [0, 0.05) is 0 Å². The molecule has 4 nitrogen and oxygen atoms in total. The molecule has 0 aliphatic heterocycles. The average Bonchev–Trinajstić information content (AvgIpc) is 2.95. The molecular weight excluding hydrogens is 557 g/mol. The van der Waals surface area contributed by atoms with Crippen molar-refractivity contribution in [2.45, 2.75) is 56.8 Å². The second-order valence-corrected chi connectivity index (χ2v) is 15.8. The Morgan fingerprint density at radius 1 is 0.810 bits per heavy atom. The quantitative estimate of drug-likeness (QED) is 0.161. The molecule has 2 N–H and O–H groups in total. The summed E-state index contributed by atoms with van der Waals surface area (Å²) in [4.78, 5) is 12.3. The van der Waals surface area contributed by atoms with Crippen LogP contribution in [0, 0.1) is 17.5 Å². The summed E-state index contributed by atoms with van der Waals surface area (Å²) in [5.74, 6) is -7.94. The van der Waals surface area contributed by atoms with E-state index in [2.05, 4.69) is 20.8 Å². The highest BCUT2D eigenvalue weighted by Crippen LogP contribution is 2.39. The lowest BCUT2D eigenvalue weighted by Crippen LogP contribution is -2.68. The van der Waals surface area contributed by atoms with E-state index in [1.165, 1.54) is 0 Å². The van der Waals surface area contributed by atoms with Crippen LogP contribution < -0.4 is 10.4 Å². The summed E-state index contributed by atoms with van der Waals surface area (Å²) in [5.41, 5.74) is 0.550. The molecule has 1 unspecified atom stereocenters. The molecule has 4 aromatic carbocycles. The van der Waals surface area contributed by atoms with E-state index in [4.69, 9.17) is 4.43 Å². The number of hydrogen-bond acceptors (Lipinski definition) is 3. The fraction of sp³-hybridized carbons (Fsp3) is 0.265. The van der Waals surface area contributed by atoms with E-state index < -0.39 is 54.9 Å². The molecule has 0 spiro atoms. The molecular formula is C34H35F3O4Si. The third-order valence-electron chi connectivity index (χ3n) is 7.59. The van der Waals surface area contributed by atoms with Crippen LogP contribution in [-0.4, -0.2) is 36.7 Å². The summed E-state index contributed by atoms with van der Waals surface area (Å²) in [5, 5.41) is 23.0. The van der Waals surface area contributed by atoms with Crippen molar-refractivity contribution in [2.24, 2.45) is 0 Å². The van der Waals surface area contributed by atoms with Gasteiger partial charge in [-0.05, 0) is 51.5 Å². The summed E-state index contributed by atoms with van der Waals surface area (Å²) in [7, 11) is -3.13. The Hall–Kier alpha value is -3.72. The van der Waals surface area contributed by atoms with E-state index in [9.17, 15) is 28.2 Å². The van der Waals surface area contributed by atoms with Gasteiger partial charge in [-0.3, -0.25) is 4.79 Å². The maximum absolute atomic E-state index is 14.1. The average molecular weight is 593 g/mol. The normalized spacial score (nSPS) is 14.3. The molecule has 0 aromatic heterocycles. The van der Waals surface area contributed by atoms with Gasteiger partial charge in [-0.1, -0.05) is 112 Å². The number of carboxylic acid groups (broad SMARTS) is 1. The maximum Gasteiger partial charge on any atom is 0.313 e.